The second kappa shape index (κ2) is 4.23. The van der Waals surface area contributed by atoms with Gasteiger partial charge in [-0.1, -0.05) is 20.3 Å². The fraction of sp³-hybridized carbons (Fsp3) is 1.00. The van der Waals surface area contributed by atoms with Crippen LogP contribution < -0.4 is 5.32 Å². The van der Waals surface area contributed by atoms with Gasteiger partial charge in [-0.15, -0.1) is 0 Å². The van der Waals surface area contributed by atoms with E-state index in [-0.39, 0.29) is 0 Å². The lowest BCUT2D eigenvalue weighted by molar-refractivity contribution is -0.0847. The zero-order valence-electron chi connectivity index (χ0n) is 12.9. The molecule has 108 valence electrons. The Morgan fingerprint density at radius 2 is 1.74 bits per heavy atom. The van der Waals surface area contributed by atoms with Crippen LogP contribution in [0, 0.1) is 28.6 Å². The van der Waals surface area contributed by atoms with Crippen LogP contribution in [0.25, 0.3) is 0 Å². The van der Waals surface area contributed by atoms with Gasteiger partial charge in [-0.25, -0.2) is 0 Å². The number of fused-ring (bicyclic) bond motifs is 5. The molecular weight excluding hydrogens is 230 g/mol. The predicted molar refractivity (Wildman–Crippen MR) is 80.0 cm³/mol. The van der Waals surface area contributed by atoms with Crippen LogP contribution in [-0.4, -0.2) is 12.6 Å². The first-order valence-corrected chi connectivity index (χ1v) is 8.87. The van der Waals surface area contributed by atoms with Crippen molar-refractivity contribution in [3.05, 3.63) is 0 Å². The molecule has 4 fully saturated rings. The van der Waals surface area contributed by atoms with Crippen molar-refractivity contribution in [1.29, 1.82) is 0 Å². The summed E-state index contributed by atoms with van der Waals surface area (Å²) in [6.45, 7) is 6.53. The molecule has 0 aromatic carbocycles. The molecule has 1 nitrogen and oxygen atoms in total. The largest absolute Gasteiger partial charge is 0.313 e. The minimum Gasteiger partial charge on any atom is -0.313 e. The smallest absolute Gasteiger partial charge is 0.0124 e. The first-order valence-electron chi connectivity index (χ1n) is 8.87. The third kappa shape index (κ3) is 1.69. The molecule has 3 aliphatic carbocycles. The number of hydrogen-bond acceptors (Lipinski definition) is 1. The van der Waals surface area contributed by atoms with Crippen molar-refractivity contribution in [1.82, 2.24) is 5.32 Å². The Bertz CT molecular complexity index is 365. The normalized spacial score (nSPS) is 57.2. The molecule has 19 heavy (non-hydrogen) atoms. The lowest BCUT2D eigenvalue weighted by Gasteiger charge is -2.60. The molecule has 0 aromatic heterocycles. The van der Waals surface area contributed by atoms with Gasteiger partial charge >= 0.3 is 0 Å². The molecule has 1 N–H and O–H groups in total. The molecule has 0 radical (unpaired) electrons. The molecule has 0 aromatic rings. The zero-order chi connectivity index (χ0) is 13.1. The molecule has 0 amide bonds. The summed E-state index contributed by atoms with van der Waals surface area (Å²) in [6.07, 6.45) is 13.6. The number of piperidine rings is 1. The monoisotopic (exact) mass is 261 g/mol. The van der Waals surface area contributed by atoms with E-state index >= 15 is 0 Å². The van der Waals surface area contributed by atoms with Gasteiger partial charge < -0.3 is 5.32 Å². The molecular formula is C18H31N. The SMILES string of the molecule is C[C@@]12CCC[C@H]1[C@@H]1CCC3NCCC[C@]3(C)[C@@H]1CC2. The van der Waals surface area contributed by atoms with Crippen LogP contribution in [-0.2, 0) is 0 Å². The lowest BCUT2D eigenvalue weighted by atomic mass is 9.48. The zero-order valence-corrected chi connectivity index (χ0v) is 12.9. The molecule has 3 saturated carbocycles. The Morgan fingerprint density at radius 1 is 0.842 bits per heavy atom. The fourth-order valence-corrected chi connectivity index (χ4v) is 6.89. The topological polar surface area (TPSA) is 12.0 Å². The van der Waals surface area contributed by atoms with Crippen molar-refractivity contribution in [2.24, 2.45) is 28.6 Å². The van der Waals surface area contributed by atoms with Crippen LogP contribution in [0.15, 0.2) is 0 Å². The Hall–Kier alpha value is -0.0400. The van der Waals surface area contributed by atoms with E-state index in [1.54, 1.807) is 6.42 Å². The van der Waals surface area contributed by atoms with Crippen molar-refractivity contribution < 1.29 is 0 Å². The summed E-state index contributed by atoms with van der Waals surface area (Å²) < 4.78 is 0. The second-order valence-electron chi connectivity index (χ2n) is 8.66. The third-order valence-corrected chi connectivity index (χ3v) is 7.93. The van der Waals surface area contributed by atoms with Crippen LogP contribution in [0.5, 0.6) is 0 Å². The number of nitrogens with one attached hydrogen (secondary N) is 1. The lowest BCUT2D eigenvalue weighted by Crippen LogP contribution is -2.59. The standard InChI is InChI=1S/C18H31N/c1-17-9-3-5-14(17)13-6-7-16-18(2,10-4-12-19-16)15(13)8-11-17/h13-16,19H,3-12H2,1-2H3/t13-,14-,15+,16?,17-,18+/m0/s1. The van der Waals surface area contributed by atoms with Crippen LogP contribution >= 0.6 is 0 Å². The summed E-state index contributed by atoms with van der Waals surface area (Å²) >= 11 is 0. The van der Waals surface area contributed by atoms with E-state index in [0.717, 1.165) is 29.2 Å². The van der Waals surface area contributed by atoms with Crippen molar-refractivity contribution in [3.8, 4) is 0 Å². The van der Waals surface area contributed by atoms with Crippen LogP contribution in [0.1, 0.15) is 71.6 Å². The van der Waals surface area contributed by atoms with E-state index in [1.165, 1.54) is 57.9 Å². The maximum absolute atomic E-state index is 3.86. The van der Waals surface area contributed by atoms with Gasteiger partial charge in [0, 0.05) is 6.04 Å². The van der Waals surface area contributed by atoms with E-state index in [4.69, 9.17) is 0 Å². The maximum Gasteiger partial charge on any atom is 0.0124 e. The summed E-state index contributed by atoms with van der Waals surface area (Å²) in [5.74, 6) is 3.18. The minimum absolute atomic E-state index is 0.630. The van der Waals surface area contributed by atoms with E-state index < -0.39 is 0 Å². The van der Waals surface area contributed by atoms with Gasteiger partial charge in [0.25, 0.3) is 0 Å². The first-order chi connectivity index (χ1) is 9.13. The third-order valence-electron chi connectivity index (χ3n) is 7.93. The van der Waals surface area contributed by atoms with Gasteiger partial charge in [0.15, 0.2) is 0 Å². The predicted octanol–water partition coefficient (Wildman–Crippen LogP) is 4.37. The van der Waals surface area contributed by atoms with Crippen LogP contribution in [0.4, 0.5) is 0 Å². The quantitative estimate of drug-likeness (QED) is 0.682. The number of hydrogen-bond donors (Lipinski definition) is 1. The fourth-order valence-electron chi connectivity index (χ4n) is 6.89. The van der Waals surface area contributed by atoms with Crippen molar-refractivity contribution >= 4 is 0 Å². The Labute approximate surface area is 118 Å². The summed E-state index contributed by atoms with van der Waals surface area (Å²) in [4.78, 5) is 0. The number of rotatable bonds is 0. The second-order valence-corrected chi connectivity index (χ2v) is 8.66. The first kappa shape index (κ1) is 12.7. The average Bonchev–Trinajstić information content (AvgIpc) is 2.79. The molecule has 1 unspecified atom stereocenters. The van der Waals surface area contributed by atoms with Gasteiger partial charge in [-0.3, -0.25) is 0 Å². The molecule has 1 heteroatoms. The molecule has 4 rings (SSSR count). The highest BCUT2D eigenvalue weighted by Gasteiger charge is 2.57. The summed E-state index contributed by atoms with van der Waals surface area (Å²) in [6, 6.07) is 0.841. The van der Waals surface area contributed by atoms with Gasteiger partial charge in [-0.2, -0.15) is 0 Å². The van der Waals surface area contributed by atoms with Crippen molar-refractivity contribution in [2.45, 2.75) is 77.7 Å². The summed E-state index contributed by atoms with van der Waals surface area (Å²) in [5.41, 5.74) is 1.36. The summed E-state index contributed by atoms with van der Waals surface area (Å²) in [7, 11) is 0. The molecule has 0 spiro atoms. The Balaban J connectivity index is 1.64. The summed E-state index contributed by atoms with van der Waals surface area (Å²) in [5, 5.41) is 3.86. The van der Waals surface area contributed by atoms with E-state index in [0.29, 0.717) is 5.41 Å². The van der Waals surface area contributed by atoms with Crippen molar-refractivity contribution in [2.75, 3.05) is 6.54 Å². The van der Waals surface area contributed by atoms with Gasteiger partial charge in [0.1, 0.15) is 0 Å². The Morgan fingerprint density at radius 3 is 2.63 bits per heavy atom. The molecule has 0 bridgehead atoms. The maximum atomic E-state index is 3.86. The Kier molecular flexibility index (Phi) is 2.82. The highest BCUT2D eigenvalue weighted by atomic mass is 15.0. The van der Waals surface area contributed by atoms with E-state index in [1.807, 2.05) is 0 Å². The molecule has 6 atom stereocenters. The highest BCUT2D eigenvalue weighted by Crippen LogP contribution is 2.63. The molecule has 1 saturated heterocycles. The average molecular weight is 261 g/mol. The van der Waals surface area contributed by atoms with Crippen molar-refractivity contribution in [3.63, 3.8) is 0 Å². The van der Waals surface area contributed by atoms with Gasteiger partial charge in [0.2, 0.25) is 0 Å². The minimum atomic E-state index is 0.630. The van der Waals surface area contributed by atoms with Gasteiger partial charge in [-0.05, 0) is 86.5 Å². The molecule has 4 aliphatic rings. The molecule has 1 heterocycles. The molecule has 1 aliphatic heterocycles. The van der Waals surface area contributed by atoms with E-state index in [9.17, 15) is 0 Å². The van der Waals surface area contributed by atoms with Crippen LogP contribution in [0.3, 0.4) is 0 Å². The van der Waals surface area contributed by atoms with Gasteiger partial charge in [0.05, 0.1) is 0 Å². The highest BCUT2D eigenvalue weighted by molar-refractivity contribution is 5.08. The van der Waals surface area contributed by atoms with E-state index in [2.05, 4.69) is 19.2 Å². The van der Waals surface area contributed by atoms with Crippen LogP contribution in [0.2, 0.25) is 0 Å².